The summed E-state index contributed by atoms with van der Waals surface area (Å²) in [6, 6.07) is 10.9. The van der Waals surface area contributed by atoms with Crippen LogP contribution in [0.2, 0.25) is 0 Å². The average molecular weight is 385 g/mol. The summed E-state index contributed by atoms with van der Waals surface area (Å²) in [6.07, 6.45) is 1.44. The Balaban J connectivity index is 1.58. The lowest BCUT2D eigenvalue weighted by atomic mass is 10.1. The van der Waals surface area contributed by atoms with Crippen LogP contribution < -0.4 is 10.2 Å². The molecule has 0 saturated carbocycles. The summed E-state index contributed by atoms with van der Waals surface area (Å²) in [5, 5.41) is 4.80. The molecule has 2 heterocycles. The maximum atomic E-state index is 12.7. The number of amides is 3. The van der Waals surface area contributed by atoms with Gasteiger partial charge in [0.05, 0.1) is 13.1 Å². The summed E-state index contributed by atoms with van der Waals surface area (Å²) in [5.41, 5.74) is 1.32. The predicted molar refractivity (Wildman–Crippen MR) is 106 cm³/mol. The van der Waals surface area contributed by atoms with Gasteiger partial charge < -0.3 is 15.1 Å². The Hall–Kier alpha value is -2.67. The van der Waals surface area contributed by atoms with Crippen LogP contribution in [0.1, 0.15) is 35.0 Å². The van der Waals surface area contributed by atoms with Crippen LogP contribution in [-0.4, -0.2) is 42.3 Å². The molecule has 3 rings (SSSR count). The first kappa shape index (κ1) is 19.1. The SMILES string of the molecule is CCN(CC(=O)NCc1cccs1)C(=O)c1ccc(N2CCCC2=O)cc1. The van der Waals surface area contributed by atoms with Crippen molar-refractivity contribution >= 4 is 34.7 Å². The summed E-state index contributed by atoms with van der Waals surface area (Å²) in [4.78, 5) is 41.0. The van der Waals surface area contributed by atoms with Gasteiger partial charge in [0.1, 0.15) is 0 Å². The highest BCUT2D eigenvalue weighted by molar-refractivity contribution is 7.09. The van der Waals surface area contributed by atoms with Crippen molar-refractivity contribution in [1.29, 1.82) is 0 Å². The van der Waals surface area contributed by atoms with E-state index in [9.17, 15) is 14.4 Å². The monoisotopic (exact) mass is 385 g/mol. The van der Waals surface area contributed by atoms with Gasteiger partial charge in [-0.05, 0) is 49.1 Å². The molecule has 1 fully saturated rings. The first-order valence-electron chi connectivity index (χ1n) is 9.07. The number of anilines is 1. The van der Waals surface area contributed by atoms with Gasteiger partial charge in [-0.25, -0.2) is 0 Å². The first-order chi connectivity index (χ1) is 13.1. The van der Waals surface area contributed by atoms with Crippen molar-refractivity contribution in [2.45, 2.75) is 26.3 Å². The minimum absolute atomic E-state index is 0.0209. The highest BCUT2D eigenvalue weighted by Crippen LogP contribution is 2.22. The molecule has 0 aliphatic carbocycles. The topological polar surface area (TPSA) is 69.7 Å². The zero-order valence-electron chi connectivity index (χ0n) is 15.3. The number of nitrogens with one attached hydrogen (secondary N) is 1. The fourth-order valence-electron chi connectivity index (χ4n) is 3.04. The number of hydrogen-bond acceptors (Lipinski definition) is 4. The van der Waals surface area contributed by atoms with Crippen molar-refractivity contribution in [3.05, 3.63) is 52.2 Å². The number of nitrogens with zero attached hydrogens (tertiary/aromatic N) is 2. The normalized spacial score (nSPS) is 13.7. The molecule has 6 nitrogen and oxygen atoms in total. The third kappa shape index (κ3) is 4.74. The number of benzene rings is 1. The molecule has 0 radical (unpaired) electrons. The molecule has 3 amide bonds. The van der Waals surface area contributed by atoms with E-state index in [2.05, 4.69) is 5.32 Å². The second-order valence-electron chi connectivity index (χ2n) is 6.37. The van der Waals surface area contributed by atoms with Crippen LogP contribution in [0.5, 0.6) is 0 Å². The summed E-state index contributed by atoms with van der Waals surface area (Å²) >= 11 is 1.58. The second-order valence-corrected chi connectivity index (χ2v) is 7.40. The van der Waals surface area contributed by atoms with Gasteiger partial charge in [-0.2, -0.15) is 0 Å². The molecule has 0 spiro atoms. The standard InChI is InChI=1S/C20H23N3O3S/c1-2-22(14-18(24)21-13-17-5-4-12-27-17)20(26)15-7-9-16(10-8-15)23-11-3-6-19(23)25/h4-5,7-10,12H,2-3,6,11,13-14H2,1H3,(H,21,24). The number of rotatable bonds is 7. The molecule has 1 saturated heterocycles. The van der Waals surface area contributed by atoms with Crippen molar-refractivity contribution in [3.8, 4) is 0 Å². The zero-order chi connectivity index (χ0) is 19.2. The van der Waals surface area contributed by atoms with Gasteiger partial charge in [-0.3, -0.25) is 14.4 Å². The molecule has 142 valence electrons. The number of hydrogen-bond donors (Lipinski definition) is 1. The van der Waals surface area contributed by atoms with Crippen LogP contribution in [0.15, 0.2) is 41.8 Å². The molecule has 27 heavy (non-hydrogen) atoms. The lowest BCUT2D eigenvalue weighted by Crippen LogP contribution is -2.40. The maximum Gasteiger partial charge on any atom is 0.254 e. The molecule has 2 aromatic rings. The molecule has 1 N–H and O–H groups in total. The van der Waals surface area contributed by atoms with Gasteiger partial charge in [0.2, 0.25) is 11.8 Å². The lowest BCUT2D eigenvalue weighted by Gasteiger charge is -2.21. The highest BCUT2D eigenvalue weighted by Gasteiger charge is 2.22. The molecular formula is C20H23N3O3S. The van der Waals surface area contributed by atoms with E-state index in [0.717, 1.165) is 23.5 Å². The lowest BCUT2D eigenvalue weighted by molar-refractivity contribution is -0.122. The minimum atomic E-state index is -0.192. The van der Waals surface area contributed by atoms with Crippen LogP contribution in [0, 0.1) is 0 Å². The Morgan fingerprint density at radius 2 is 2.00 bits per heavy atom. The number of likely N-dealkylation sites (N-methyl/N-ethyl adjacent to an activating group) is 1. The Kier molecular flexibility index (Phi) is 6.24. The van der Waals surface area contributed by atoms with Crippen molar-refractivity contribution < 1.29 is 14.4 Å². The van der Waals surface area contributed by atoms with Gasteiger partial charge in [-0.1, -0.05) is 6.07 Å². The quantitative estimate of drug-likeness (QED) is 0.797. The van der Waals surface area contributed by atoms with Gasteiger partial charge in [-0.15, -0.1) is 11.3 Å². The maximum absolute atomic E-state index is 12.7. The number of thiophene rings is 1. The molecule has 1 aromatic carbocycles. The fraction of sp³-hybridized carbons (Fsp3) is 0.350. The number of carbonyl (C=O) groups is 3. The average Bonchev–Trinajstić information content (AvgIpc) is 3.35. The molecule has 1 aromatic heterocycles. The van der Waals surface area contributed by atoms with Gasteiger partial charge in [0.25, 0.3) is 5.91 Å². The third-order valence-electron chi connectivity index (χ3n) is 4.54. The van der Waals surface area contributed by atoms with E-state index >= 15 is 0 Å². The van der Waals surface area contributed by atoms with Crippen molar-refractivity contribution in [3.63, 3.8) is 0 Å². The van der Waals surface area contributed by atoms with E-state index in [1.165, 1.54) is 4.90 Å². The third-order valence-corrected chi connectivity index (χ3v) is 5.42. The van der Waals surface area contributed by atoms with Crippen LogP contribution >= 0.6 is 11.3 Å². The molecule has 0 bridgehead atoms. The van der Waals surface area contributed by atoms with Gasteiger partial charge in [0.15, 0.2) is 0 Å². The molecule has 1 aliphatic heterocycles. The smallest absolute Gasteiger partial charge is 0.254 e. The number of carbonyl (C=O) groups excluding carboxylic acids is 3. The molecule has 1 aliphatic rings. The Morgan fingerprint density at radius 3 is 2.59 bits per heavy atom. The van der Waals surface area contributed by atoms with Crippen molar-refractivity contribution in [1.82, 2.24) is 10.2 Å². The van der Waals surface area contributed by atoms with Crippen LogP contribution in [0.25, 0.3) is 0 Å². The van der Waals surface area contributed by atoms with E-state index in [4.69, 9.17) is 0 Å². The molecule has 0 atom stereocenters. The Labute approximate surface area is 162 Å². The van der Waals surface area contributed by atoms with Gasteiger partial charge in [0, 0.05) is 35.6 Å². The summed E-state index contributed by atoms with van der Waals surface area (Å²) in [6.45, 7) is 3.50. The van der Waals surface area contributed by atoms with Gasteiger partial charge >= 0.3 is 0 Å². The summed E-state index contributed by atoms with van der Waals surface area (Å²) in [7, 11) is 0. The zero-order valence-corrected chi connectivity index (χ0v) is 16.1. The van der Waals surface area contributed by atoms with E-state index in [-0.39, 0.29) is 24.3 Å². The van der Waals surface area contributed by atoms with Crippen molar-refractivity contribution in [2.24, 2.45) is 0 Å². The highest BCUT2D eigenvalue weighted by atomic mass is 32.1. The Bertz CT molecular complexity index is 802. The predicted octanol–water partition coefficient (Wildman–Crippen LogP) is 2.65. The van der Waals surface area contributed by atoms with Crippen LogP contribution in [0.4, 0.5) is 5.69 Å². The minimum Gasteiger partial charge on any atom is -0.350 e. The summed E-state index contributed by atoms with van der Waals surface area (Å²) < 4.78 is 0. The van der Waals surface area contributed by atoms with E-state index in [1.807, 2.05) is 24.4 Å². The van der Waals surface area contributed by atoms with E-state index < -0.39 is 0 Å². The fourth-order valence-corrected chi connectivity index (χ4v) is 3.69. The molecule has 0 unspecified atom stereocenters. The van der Waals surface area contributed by atoms with E-state index in [1.54, 1.807) is 40.5 Å². The molecular weight excluding hydrogens is 362 g/mol. The first-order valence-corrected chi connectivity index (χ1v) is 9.95. The van der Waals surface area contributed by atoms with Crippen molar-refractivity contribution in [2.75, 3.05) is 24.5 Å². The van der Waals surface area contributed by atoms with Crippen LogP contribution in [-0.2, 0) is 16.1 Å². The largest absolute Gasteiger partial charge is 0.350 e. The summed E-state index contributed by atoms with van der Waals surface area (Å²) in [5.74, 6) is -0.257. The second kappa shape index (κ2) is 8.81. The van der Waals surface area contributed by atoms with Crippen LogP contribution in [0.3, 0.4) is 0 Å². The van der Waals surface area contributed by atoms with E-state index in [0.29, 0.717) is 25.1 Å². The molecule has 7 heteroatoms. The Morgan fingerprint density at radius 1 is 1.22 bits per heavy atom.